The van der Waals surface area contributed by atoms with Gasteiger partial charge in [-0.25, -0.2) is 0 Å². The van der Waals surface area contributed by atoms with E-state index in [1.807, 2.05) is 0 Å². The number of nitro groups is 1. The third-order valence-corrected chi connectivity index (χ3v) is 5.10. The van der Waals surface area contributed by atoms with E-state index in [-0.39, 0.29) is 10.9 Å². The summed E-state index contributed by atoms with van der Waals surface area (Å²) in [6, 6.07) is 1.40. The average molecular weight is 277 g/mol. The molecule has 0 aliphatic rings. The summed E-state index contributed by atoms with van der Waals surface area (Å²) in [5, 5.41) is 29.5. The van der Waals surface area contributed by atoms with Crippen molar-refractivity contribution in [2.75, 3.05) is 0 Å². The summed E-state index contributed by atoms with van der Waals surface area (Å²) in [5.41, 5.74) is 0.00315. The summed E-state index contributed by atoms with van der Waals surface area (Å²) in [6.45, 7) is 5.02. The van der Waals surface area contributed by atoms with Crippen LogP contribution in [0, 0.1) is 10.1 Å². The third-order valence-electron chi connectivity index (χ3n) is 2.28. The van der Waals surface area contributed by atoms with Crippen LogP contribution in [0.25, 0.3) is 0 Å². The molecule has 0 fully saturated rings. The van der Waals surface area contributed by atoms with Gasteiger partial charge in [-0.2, -0.15) is 0 Å². The summed E-state index contributed by atoms with van der Waals surface area (Å²) < 4.78 is 0.527. The molecule has 3 unspecified atom stereocenters. The van der Waals surface area contributed by atoms with Gasteiger partial charge in [0.25, 0.3) is 5.69 Å². The molecule has 96 valence electrons. The number of nitrogens with zero attached hydrogens (tertiary/aromatic N) is 1. The zero-order chi connectivity index (χ0) is 13.2. The summed E-state index contributed by atoms with van der Waals surface area (Å²) in [6.07, 6.45) is -1.26. The predicted molar refractivity (Wildman–Crippen MR) is 68.6 cm³/mol. The fourth-order valence-corrected chi connectivity index (χ4v) is 3.59. The van der Waals surface area contributed by atoms with Gasteiger partial charge in [0.2, 0.25) is 0 Å². The molecule has 0 aliphatic heterocycles. The maximum absolute atomic E-state index is 10.9. The smallest absolute Gasteiger partial charge is 0.294 e. The van der Waals surface area contributed by atoms with Crippen LogP contribution in [0.1, 0.15) is 31.8 Å². The quantitative estimate of drug-likeness (QED) is 0.491. The molecule has 2 N–H and O–H groups in total. The molecule has 0 radical (unpaired) electrons. The van der Waals surface area contributed by atoms with Crippen molar-refractivity contribution in [2.24, 2.45) is 0 Å². The van der Waals surface area contributed by atoms with Gasteiger partial charge in [-0.15, -0.1) is 23.1 Å². The van der Waals surface area contributed by atoms with E-state index in [9.17, 15) is 20.3 Å². The molecular formula is C10H15NO4S2. The molecule has 1 aromatic rings. The standard InChI is InChI=1S/C10H15NO4S2/c1-5(12)7(3)16-10-8(11(14)15)4-9(17-10)6(2)13/h4-7,12-13H,1-3H3. The summed E-state index contributed by atoms with van der Waals surface area (Å²) in [5.74, 6) is 0. The zero-order valence-corrected chi connectivity index (χ0v) is 11.4. The van der Waals surface area contributed by atoms with Gasteiger partial charge in [-0.05, 0) is 13.8 Å². The lowest BCUT2D eigenvalue weighted by Gasteiger charge is -2.12. The molecule has 0 bridgehead atoms. The molecular weight excluding hydrogens is 262 g/mol. The van der Waals surface area contributed by atoms with Crippen molar-refractivity contribution in [2.45, 2.75) is 42.4 Å². The SMILES string of the molecule is CC(O)c1cc([N+](=O)[O-])c(SC(C)C(C)O)s1. The minimum atomic E-state index is -0.713. The molecule has 0 aliphatic carbocycles. The molecule has 3 atom stereocenters. The highest BCUT2D eigenvalue weighted by Gasteiger charge is 2.24. The Morgan fingerprint density at radius 1 is 1.41 bits per heavy atom. The van der Waals surface area contributed by atoms with Gasteiger partial charge in [-0.1, -0.05) is 6.92 Å². The Morgan fingerprint density at radius 2 is 2.00 bits per heavy atom. The van der Waals surface area contributed by atoms with E-state index in [1.54, 1.807) is 20.8 Å². The summed E-state index contributed by atoms with van der Waals surface area (Å²) in [7, 11) is 0. The first-order chi connectivity index (χ1) is 7.82. The highest BCUT2D eigenvalue weighted by Crippen LogP contribution is 2.42. The molecule has 7 heteroatoms. The van der Waals surface area contributed by atoms with Gasteiger partial charge >= 0.3 is 0 Å². The molecule has 5 nitrogen and oxygen atoms in total. The van der Waals surface area contributed by atoms with Crippen molar-refractivity contribution < 1.29 is 15.1 Å². The first-order valence-corrected chi connectivity index (χ1v) is 6.83. The van der Waals surface area contributed by atoms with Gasteiger partial charge in [0.15, 0.2) is 0 Å². The summed E-state index contributed by atoms with van der Waals surface area (Å²) in [4.78, 5) is 11.0. The lowest BCUT2D eigenvalue weighted by Crippen LogP contribution is -2.14. The first-order valence-electron chi connectivity index (χ1n) is 5.13. The van der Waals surface area contributed by atoms with Crippen LogP contribution in [0.5, 0.6) is 0 Å². The van der Waals surface area contributed by atoms with Crippen LogP contribution in [-0.2, 0) is 0 Å². The maximum atomic E-state index is 10.9. The Hall–Kier alpha value is -0.630. The molecule has 1 heterocycles. The van der Waals surface area contributed by atoms with E-state index in [1.165, 1.54) is 29.2 Å². The summed E-state index contributed by atoms with van der Waals surface area (Å²) >= 11 is 2.46. The maximum Gasteiger partial charge on any atom is 0.294 e. The number of aliphatic hydroxyl groups is 2. The van der Waals surface area contributed by atoms with Crippen LogP contribution in [0.2, 0.25) is 0 Å². The number of aliphatic hydroxyl groups excluding tert-OH is 2. The van der Waals surface area contributed by atoms with Crippen molar-refractivity contribution >= 4 is 28.8 Å². The number of thioether (sulfide) groups is 1. The Kier molecular flexibility index (Phi) is 4.93. The fraction of sp³-hybridized carbons (Fsp3) is 0.600. The van der Waals surface area contributed by atoms with E-state index in [0.717, 1.165) is 0 Å². The Bertz CT molecular complexity index is 403. The molecule has 0 aromatic carbocycles. The van der Waals surface area contributed by atoms with E-state index in [4.69, 9.17) is 0 Å². The molecule has 1 aromatic heterocycles. The zero-order valence-electron chi connectivity index (χ0n) is 9.78. The normalized spacial score (nSPS) is 16.5. The lowest BCUT2D eigenvalue weighted by molar-refractivity contribution is -0.387. The Balaban J connectivity index is 3.00. The molecule has 0 saturated carbocycles. The predicted octanol–water partition coefficient (Wildman–Crippen LogP) is 2.57. The second-order valence-corrected chi connectivity index (χ2v) is 6.55. The number of hydrogen-bond donors (Lipinski definition) is 2. The van der Waals surface area contributed by atoms with E-state index >= 15 is 0 Å². The van der Waals surface area contributed by atoms with Crippen LogP contribution >= 0.6 is 23.1 Å². The highest BCUT2D eigenvalue weighted by molar-refractivity contribution is 8.01. The molecule has 0 spiro atoms. The van der Waals surface area contributed by atoms with Crippen molar-refractivity contribution in [3.8, 4) is 0 Å². The lowest BCUT2D eigenvalue weighted by atomic mass is 10.3. The van der Waals surface area contributed by atoms with Gasteiger partial charge < -0.3 is 10.2 Å². The molecule has 0 amide bonds. The van der Waals surface area contributed by atoms with Crippen LogP contribution in [0.15, 0.2) is 10.3 Å². The molecule has 0 saturated heterocycles. The highest BCUT2D eigenvalue weighted by atomic mass is 32.2. The number of rotatable bonds is 5. The van der Waals surface area contributed by atoms with E-state index in [0.29, 0.717) is 9.09 Å². The molecule has 17 heavy (non-hydrogen) atoms. The van der Waals surface area contributed by atoms with E-state index < -0.39 is 17.1 Å². The topological polar surface area (TPSA) is 83.6 Å². The van der Waals surface area contributed by atoms with Crippen LogP contribution in [0.3, 0.4) is 0 Å². The van der Waals surface area contributed by atoms with Crippen molar-refractivity contribution in [3.05, 3.63) is 21.1 Å². The number of thiophene rings is 1. The second-order valence-electron chi connectivity index (χ2n) is 3.82. The van der Waals surface area contributed by atoms with Crippen molar-refractivity contribution in [3.63, 3.8) is 0 Å². The van der Waals surface area contributed by atoms with Crippen LogP contribution < -0.4 is 0 Å². The third kappa shape index (κ3) is 3.67. The number of hydrogen-bond acceptors (Lipinski definition) is 6. The first kappa shape index (κ1) is 14.4. The van der Waals surface area contributed by atoms with Crippen LogP contribution in [0.4, 0.5) is 5.69 Å². The van der Waals surface area contributed by atoms with Crippen molar-refractivity contribution in [1.29, 1.82) is 0 Å². The average Bonchev–Trinajstić information content (AvgIpc) is 2.61. The van der Waals surface area contributed by atoms with Gasteiger partial charge in [0, 0.05) is 16.2 Å². The van der Waals surface area contributed by atoms with Crippen LogP contribution in [-0.4, -0.2) is 26.5 Å². The van der Waals surface area contributed by atoms with Gasteiger partial charge in [0.05, 0.1) is 17.1 Å². The Morgan fingerprint density at radius 3 is 2.41 bits per heavy atom. The second kappa shape index (κ2) is 5.81. The largest absolute Gasteiger partial charge is 0.392 e. The fourth-order valence-electron chi connectivity index (χ4n) is 1.07. The minimum Gasteiger partial charge on any atom is -0.392 e. The van der Waals surface area contributed by atoms with E-state index in [2.05, 4.69) is 0 Å². The van der Waals surface area contributed by atoms with Gasteiger partial charge in [-0.3, -0.25) is 10.1 Å². The van der Waals surface area contributed by atoms with Crippen molar-refractivity contribution in [1.82, 2.24) is 0 Å². The molecule has 1 rings (SSSR count). The monoisotopic (exact) mass is 277 g/mol. The van der Waals surface area contributed by atoms with Gasteiger partial charge in [0.1, 0.15) is 4.21 Å². The Labute approximate surface area is 108 Å². The minimum absolute atomic E-state index is 0.00315.